The number of aromatic carboxylic acids is 1. The lowest BCUT2D eigenvalue weighted by Gasteiger charge is -2.10. The van der Waals surface area contributed by atoms with E-state index in [1.54, 1.807) is 17.8 Å². The Bertz CT molecular complexity index is 410. The van der Waals surface area contributed by atoms with Crippen LogP contribution in [-0.2, 0) is 4.74 Å². The fourth-order valence-corrected chi connectivity index (χ4v) is 2.79. The highest BCUT2D eigenvalue weighted by molar-refractivity contribution is 7.99. The molecule has 0 aliphatic carbocycles. The molecule has 2 heterocycles. The molecule has 1 saturated heterocycles. The standard InChI is InChI=1S/C12H15NO3S/c1-8-2-3-9(16-8)7-17-10-4-5-13-11(6-10)12(14)15/h4-6,8-9H,2-3,7H2,1H3,(H,14,15). The molecular formula is C12H15NO3S. The molecule has 1 aliphatic rings. The summed E-state index contributed by atoms with van der Waals surface area (Å²) < 4.78 is 5.71. The van der Waals surface area contributed by atoms with Crippen molar-refractivity contribution in [3.63, 3.8) is 0 Å². The van der Waals surface area contributed by atoms with Gasteiger partial charge in [-0.25, -0.2) is 9.78 Å². The number of aromatic nitrogens is 1. The van der Waals surface area contributed by atoms with Gasteiger partial charge >= 0.3 is 5.97 Å². The minimum Gasteiger partial charge on any atom is -0.477 e. The maximum atomic E-state index is 10.8. The highest BCUT2D eigenvalue weighted by Crippen LogP contribution is 2.26. The zero-order chi connectivity index (χ0) is 12.3. The van der Waals surface area contributed by atoms with E-state index in [0.717, 1.165) is 23.5 Å². The van der Waals surface area contributed by atoms with E-state index in [2.05, 4.69) is 11.9 Å². The molecule has 1 N–H and O–H groups in total. The molecule has 0 aromatic carbocycles. The molecule has 0 saturated carbocycles. The van der Waals surface area contributed by atoms with Gasteiger partial charge in [0.2, 0.25) is 0 Å². The van der Waals surface area contributed by atoms with E-state index >= 15 is 0 Å². The van der Waals surface area contributed by atoms with Crippen molar-refractivity contribution in [2.45, 2.75) is 36.9 Å². The first kappa shape index (κ1) is 12.4. The number of carbonyl (C=O) groups is 1. The molecule has 0 radical (unpaired) electrons. The molecule has 1 aromatic heterocycles. The summed E-state index contributed by atoms with van der Waals surface area (Å²) in [6.45, 7) is 2.08. The molecule has 2 rings (SSSR count). The Morgan fingerprint density at radius 2 is 2.47 bits per heavy atom. The number of rotatable bonds is 4. The third-order valence-corrected chi connectivity index (χ3v) is 3.83. The zero-order valence-electron chi connectivity index (χ0n) is 9.63. The van der Waals surface area contributed by atoms with Gasteiger partial charge in [0.25, 0.3) is 0 Å². The summed E-state index contributed by atoms with van der Waals surface area (Å²) in [5.41, 5.74) is 0.0932. The van der Waals surface area contributed by atoms with Gasteiger partial charge in [-0.3, -0.25) is 0 Å². The predicted molar refractivity (Wildman–Crippen MR) is 65.5 cm³/mol. The van der Waals surface area contributed by atoms with Crippen molar-refractivity contribution < 1.29 is 14.6 Å². The summed E-state index contributed by atoms with van der Waals surface area (Å²) in [7, 11) is 0. The molecule has 1 fully saturated rings. The summed E-state index contributed by atoms with van der Waals surface area (Å²) in [4.78, 5) is 15.5. The first-order valence-corrected chi connectivity index (χ1v) is 6.61. The Hall–Kier alpha value is -1.07. The SMILES string of the molecule is CC1CCC(CSc2ccnc(C(=O)O)c2)O1. The monoisotopic (exact) mass is 253 g/mol. The number of pyridine rings is 1. The van der Waals surface area contributed by atoms with Gasteiger partial charge in [0.05, 0.1) is 12.2 Å². The van der Waals surface area contributed by atoms with Crippen LogP contribution in [0.2, 0.25) is 0 Å². The van der Waals surface area contributed by atoms with Gasteiger partial charge in [-0.05, 0) is 31.9 Å². The summed E-state index contributed by atoms with van der Waals surface area (Å²) in [6, 6.07) is 3.43. The maximum Gasteiger partial charge on any atom is 0.354 e. The van der Waals surface area contributed by atoms with Crippen molar-refractivity contribution in [1.82, 2.24) is 4.98 Å². The van der Waals surface area contributed by atoms with Crippen molar-refractivity contribution in [1.29, 1.82) is 0 Å². The Morgan fingerprint density at radius 1 is 1.65 bits per heavy atom. The second-order valence-corrected chi connectivity index (χ2v) is 5.23. The van der Waals surface area contributed by atoms with Crippen LogP contribution in [0.5, 0.6) is 0 Å². The van der Waals surface area contributed by atoms with Crippen LogP contribution in [0, 0.1) is 0 Å². The van der Waals surface area contributed by atoms with Crippen LogP contribution in [0.25, 0.3) is 0 Å². The van der Waals surface area contributed by atoms with Crippen molar-refractivity contribution in [3.05, 3.63) is 24.0 Å². The van der Waals surface area contributed by atoms with Crippen LogP contribution in [0.3, 0.4) is 0 Å². The average Bonchev–Trinajstić information content (AvgIpc) is 2.73. The van der Waals surface area contributed by atoms with Crippen molar-refractivity contribution >= 4 is 17.7 Å². The minimum absolute atomic E-state index is 0.0932. The maximum absolute atomic E-state index is 10.8. The van der Waals surface area contributed by atoms with E-state index in [9.17, 15) is 4.79 Å². The van der Waals surface area contributed by atoms with Crippen LogP contribution in [0.4, 0.5) is 0 Å². The van der Waals surface area contributed by atoms with Gasteiger partial charge in [0.15, 0.2) is 0 Å². The van der Waals surface area contributed by atoms with Crippen LogP contribution in [0.1, 0.15) is 30.3 Å². The Kier molecular flexibility index (Phi) is 4.02. The molecule has 0 bridgehead atoms. The third-order valence-electron chi connectivity index (χ3n) is 2.71. The number of thioether (sulfide) groups is 1. The quantitative estimate of drug-likeness (QED) is 0.835. The number of carboxylic acid groups (broad SMARTS) is 1. The molecule has 2 atom stereocenters. The lowest BCUT2D eigenvalue weighted by Crippen LogP contribution is -2.10. The van der Waals surface area contributed by atoms with E-state index in [4.69, 9.17) is 9.84 Å². The highest BCUT2D eigenvalue weighted by Gasteiger charge is 2.21. The van der Waals surface area contributed by atoms with Gasteiger partial charge in [0.1, 0.15) is 5.69 Å². The van der Waals surface area contributed by atoms with Crippen molar-refractivity contribution in [2.75, 3.05) is 5.75 Å². The lowest BCUT2D eigenvalue weighted by atomic mass is 10.2. The molecule has 0 amide bonds. The fraction of sp³-hybridized carbons (Fsp3) is 0.500. The van der Waals surface area contributed by atoms with Gasteiger partial charge in [0, 0.05) is 16.8 Å². The van der Waals surface area contributed by atoms with Gasteiger partial charge in [-0.2, -0.15) is 0 Å². The van der Waals surface area contributed by atoms with E-state index in [0.29, 0.717) is 6.10 Å². The summed E-state index contributed by atoms with van der Waals surface area (Å²) in [5, 5.41) is 8.83. The van der Waals surface area contributed by atoms with Crippen LogP contribution in [0.15, 0.2) is 23.2 Å². The number of carboxylic acids is 1. The molecule has 4 nitrogen and oxygen atoms in total. The molecule has 92 valence electrons. The zero-order valence-corrected chi connectivity index (χ0v) is 10.4. The molecule has 5 heteroatoms. The molecule has 2 unspecified atom stereocenters. The van der Waals surface area contributed by atoms with E-state index < -0.39 is 5.97 Å². The second kappa shape index (κ2) is 5.51. The summed E-state index contributed by atoms with van der Waals surface area (Å²) in [5.74, 6) is -0.119. The number of hydrogen-bond donors (Lipinski definition) is 1. The predicted octanol–water partition coefficient (Wildman–Crippen LogP) is 2.44. The summed E-state index contributed by atoms with van der Waals surface area (Å²) in [6.07, 6.45) is 4.38. The Balaban J connectivity index is 1.90. The first-order chi connectivity index (χ1) is 8.15. The molecular weight excluding hydrogens is 238 g/mol. The number of nitrogens with zero attached hydrogens (tertiary/aromatic N) is 1. The van der Waals surface area contributed by atoms with E-state index in [1.165, 1.54) is 6.20 Å². The topological polar surface area (TPSA) is 59.4 Å². The average molecular weight is 253 g/mol. The number of ether oxygens (including phenoxy) is 1. The van der Waals surface area contributed by atoms with Gasteiger partial charge in [-0.15, -0.1) is 11.8 Å². The van der Waals surface area contributed by atoms with E-state index in [-0.39, 0.29) is 11.8 Å². The van der Waals surface area contributed by atoms with Crippen LogP contribution >= 0.6 is 11.8 Å². The largest absolute Gasteiger partial charge is 0.477 e. The minimum atomic E-state index is -0.988. The number of hydrogen-bond acceptors (Lipinski definition) is 4. The van der Waals surface area contributed by atoms with Crippen molar-refractivity contribution in [2.24, 2.45) is 0 Å². The third kappa shape index (κ3) is 3.44. The van der Waals surface area contributed by atoms with Crippen molar-refractivity contribution in [3.8, 4) is 0 Å². The van der Waals surface area contributed by atoms with Crippen LogP contribution < -0.4 is 0 Å². The van der Waals surface area contributed by atoms with Gasteiger partial charge < -0.3 is 9.84 Å². The smallest absolute Gasteiger partial charge is 0.354 e. The van der Waals surface area contributed by atoms with E-state index in [1.807, 2.05) is 6.07 Å². The molecule has 17 heavy (non-hydrogen) atoms. The molecule has 0 spiro atoms. The first-order valence-electron chi connectivity index (χ1n) is 5.63. The summed E-state index contributed by atoms with van der Waals surface area (Å²) >= 11 is 1.62. The highest BCUT2D eigenvalue weighted by atomic mass is 32.2. The van der Waals surface area contributed by atoms with Gasteiger partial charge in [-0.1, -0.05) is 0 Å². The second-order valence-electron chi connectivity index (χ2n) is 4.14. The Morgan fingerprint density at radius 3 is 3.12 bits per heavy atom. The normalized spacial score (nSPS) is 23.8. The fourth-order valence-electron chi connectivity index (χ4n) is 1.81. The molecule has 1 aromatic rings. The molecule has 1 aliphatic heterocycles. The lowest BCUT2D eigenvalue weighted by molar-refractivity contribution is 0.0689. The Labute approximate surface area is 104 Å². The van der Waals surface area contributed by atoms with Crippen LogP contribution in [-0.4, -0.2) is 34.0 Å².